The molecular formula is C9H6F5NO2. The summed E-state index contributed by atoms with van der Waals surface area (Å²) in [6.45, 7) is 1.01. The summed E-state index contributed by atoms with van der Waals surface area (Å²) in [6, 6.07) is 0. The van der Waals surface area contributed by atoms with E-state index in [0.29, 0.717) is 6.20 Å². The van der Waals surface area contributed by atoms with Crippen molar-refractivity contribution in [2.75, 3.05) is 0 Å². The van der Waals surface area contributed by atoms with Crippen molar-refractivity contribution in [1.29, 1.82) is 0 Å². The molecule has 0 saturated carbocycles. The van der Waals surface area contributed by atoms with Crippen LogP contribution < -0.4 is 0 Å². The van der Waals surface area contributed by atoms with E-state index in [4.69, 9.17) is 5.11 Å². The van der Waals surface area contributed by atoms with Crippen molar-refractivity contribution in [3.63, 3.8) is 0 Å². The molecule has 0 spiro atoms. The minimum absolute atomic E-state index is 0.405. The van der Waals surface area contributed by atoms with E-state index in [1.54, 1.807) is 0 Å². The number of carboxylic acids is 1. The molecule has 8 heteroatoms. The largest absolute Gasteiger partial charge is 0.476 e. The van der Waals surface area contributed by atoms with Crippen LogP contribution in [0.3, 0.4) is 0 Å². The third-order valence-corrected chi connectivity index (χ3v) is 2.02. The van der Waals surface area contributed by atoms with Crippen LogP contribution in [0.1, 0.15) is 33.6 Å². The maximum Gasteiger partial charge on any atom is 0.419 e. The number of aromatic nitrogens is 1. The minimum atomic E-state index is -5.20. The maximum atomic E-state index is 12.6. The van der Waals surface area contributed by atoms with E-state index in [1.807, 2.05) is 0 Å². The highest BCUT2D eigenvalue weighted by atomic mass is 19.4. The van der Waals surface area contributed by atoms with Crippen LogP contribution in [0.4, 0.5) is 22.0 Å². The lowest BCUT2D eigenvalue weighted by Crippen LogP contribution is -2.19. The van der Waals surface area contributed by atoms with Gasteiger partial charge in [-0.2, -0.15) is 13.2 Å². The van der Waals surface area contributed by atoms with E-state index in [2.05, 4.69) is 4.98 Å². The van der Waals surface area contributed by atoms with Crippen molar-refractivity contribution in [3.05, 3.63) is 28.6 Å². The van der Waals surface area contributed by atoms with Gasteiger partial charge in [0, 0.05) is 11.8 Å². The molecule has 0 bridgehead atoms. The van der Waals surface area contributed by atoms with Crippen LogP contribution >= 0.6 is 0 Å². The smallest absolute Gasteiger partial charge is 0.419 e. The van der Waals surface area contributed by atoms with Gasteiger partial charge >= 0.3 is 12.1 Å². The Bertz CT molecular complexity index is 455. The van der Waals surface area contributed by atoms with E-state index in [1.165, 1.54) is 0 Å². The van der Waals surface area contributed by atoms with Gasteiger partial charge in [-0.1, -0.05) is 0 Å². The highest BCUT2D eigenvalue weighted by Gasteiger charge is 2.41. The number of carboxylic acid groups (broad SMARTS) is 1. The normalized spacial score (nSPS) is 11.9. The summed E-state index contributed by atoms with van der Waals surface area (Å²) in [5.74, 6) is -2.00. The van der Waals surface area contributed by atoms with E-state index >= 15 is 0 Å². The first kappa shape index (κ1) is 13.3. The van der Waals surface area contributed by atoms with E-state index in [-0.39, 0.29) is 0 Å². The number of rotatable bonds is 2. The number of hydrogen-bond acceptors (Lipinski definition) is 2. The maximum absolute atomic E-state index is 12.6. The van der Waals surface area contributed by atoms with Crippen LogP contribution in [0.5, 0.6) is 0 Å². The average molecular weight is 255 g/mol. The molecule has 0 saturated heterocycles. The van der Waals surface area contributed by atoms with Crippen molar-refractivity contribution in [2.24, 2.45) is 0 Å². The second-order valence-electron chi connectivity index (χ2n) is 3.18. The summed E-state index contributed by atoms with van der Waals surface area (Å²) in [5.41, 5.74) is -5.05. The quantitative estimate of drug-likeness (QED) is 0.826. The summed E-state index contributed by atoms with van der Waals surface area (Å²) >= 11 is 0. The van der Waals surface area contributed by atoms with Gasteiger partial charge in [-0.25, -0.2) is 18.6 Å². The van der Waals surface area contributed by atoms with Crippen molar-refractivity contribution >= 4 is 5.97 Å². The number of carbonyl (C=O) groups is 1. The summed E-state index contributed by atoms with van der Waals surface area (Å²) in [5, 5.41) is 8.52. The highest BCUT2D eigenvalue weighted by molar-refractivity contribution is 5.88. The van der Waals surface area contributed by atoms with E-state index in [0.717, 1.165) is 6.92 Å². The first-order valence-electron chi connectivity index (χ1n) is 4.24. The number of hydrogen-bond donors (Lipinski definition) is 1. The minimum Gasteiger partial charge on any atom is -0.476 e. The average Bonchev–Trinajstić information content (AvgIpc) is 2.14. The second-order valence-corrected chi connectivity index (χ2v) is 3.18. The summed E-state index contributed by atoms with van der Waals surface area (Å²) < 4.78 is 62.8. The number of aromatic carboxylic acids is 1. The number of aryl methyl sites for hydroxylation is 1. The molecule has 1 N–H and O–H groups in total. The molecule has 3 nitrogen and oxygen atoms in total. The molecule has 0 atom stereocenters. The molecule has 0 aromatic carbocycles. The van der Waals surface area contributed by atoms with Crippen molar-refractivity contribution < 1.29 is 31.9 Å². The molecular weight excluding hydrogens is 249 g/mol. The lowest BCUT2D eigenvalue weighted by molar-refractivity contribution is -0.140. The Hall–Kier alpha value is -1.73. The molecule has 1 aromatic rings. The number of pyridine rings is 1. The predicted octanol–water partition coefficient (Wildman–Crippen LogP) is 3.04. The number of nitrogens with zero attached hydrogens (tertiary/aromatic N) is 1. The lowest BCUT2D eigenvalue weighted by atomic mass is 10.0. The van der Waals surface area contributed by atoms with Crippen molar-refractivity contribution in [3.8, 4) is 0 Å². The molecule has 1 rings (SSSR count). The van der Waals surface area contributed by atoms with Crippen molar-refractivity contribution in [2.45, 2.75) is 19.5 Å². The topological polar surface area (TPSA) is 50.2 Å². The SMILES string of the molecule is Cc1cnc(C(=O)O)c(C(F)(F)F)c1C(F)F. The monoisotopic (exact) mass is 255 g/mol. The molecule has 0 amide bonds. The van der Waals surface area contributed by atoms with Gasteiger partial charge < -0.3 is 5.11 Å². The number of halogens is 5. The molecule has 0 radical (unpaired) electrons. The van der Waals surface area contributed by atoms with E-state index in [9.17, 15) is 26.7 Å². The van der Waals surface area contributed by atoms with Gasteiger partial charge in [-0.3, -0.25) is 0 Å². The Kier molecular flexibility index (Phi) is 3.35. The third kappa shape index (κ3) is 2.51. The Morgan fingerprint density at radius 1 is 1.41 bits per heavy atom. The van der Waals surface area contributed by atoms with Gasteiger partial charge in [-0.15, -0.1) is 0 Å². The van der Waals surface area contributed by atoms with Crippen LogP contribution in [0, 0.1) is 6.92 Å². The van der Waals surface area contributed by atoms with Gasteiger partial charge in [0.25, 0.3) is 6.43 Å². The third-order valence-electron chi connectivity index (χ3n) is 2.02. The fraction of sp³-hybridized carbons (Fsp3) is 0.333. The zero-order chi connectivity index (χ0) is 13.4. The van der Waals surface area contributed by atoms with Gasteiger partial charge in [-0.05, 0) is 12.5 Å². The first-order valence-corrected chi connectivity index (χ1v) is 4.24. The zero-order valence-corrected chi connectivity index (χ0v) is 8.35. The molecule has 0 unspecified atom stereocenters. The standard InChI is InChI=1S/C9H6F5NO2/c1-3-2-15-6(8(16)17)5(9(12,13)14)4(3)7(10)11/h2,7H,1H3,(H,16,17). The van der Waals surface area contributed by atoms with Gasteiger partial charge in [0.2, 0.25) is 0 Å². The Morgan fingerprint density at radius 2 is 1.94 bits per heavy atom. The van der Waals surface area contributed by atoms with Crippen LogP contribution in [0.15, 0.2) is 6.20 Å². The predicted molar refractivity (Wildman–Crippen MR) is 45.9 cm³/mol. The number of alkyl halides is 5. The second kappa shape index (κ2) is 4.27. The first-order chi connectivity index (χ1) is 7.66. The van der Waals surface area contributed by atoms with Crippen LogP contribution in [0.2, 0.25) is 0 Å². The Labute approximate surface area is 91.9 Å². The molecule has 1 aromatic heterocycles. The molecule has 17 heavy (non-hydrogen) atoms. The zero-order valence-electron chi connectivity index (χ0n) is 8.35. The van der Waals surface area contributed by atoms with Crippen LogP contribution in [0.25, 0.3) is 0 Å². The molecule has 0 fully saturated rings. The Morgan fingerprint density at radius 3 is 2.29 bits per heavy atom. The van der Waals surface area contributed by atoms with Gasteiger partial charge in [0.05, 0.1) is 5.56 Å². The van der Waals surface area contributed by atoms with Crippen LogP contribution in [-0.2, 0) is 6.18 Å². The van der Waals surface area contributed by atoms with Gasteiger partial charge in [0.1, 0.15) is 0 Å². The fourth-order valence-corrected chi connectivity index (χ4v) is 1.35. The molecule has 1 heterocycles. The fourth-order valence-electron chi connectivity index (χ4n) is 1.35. The summed E-state index contributed by atoms with van der Waals surface area (Å²) in [6.07, 6.45) is -7.94. The lowest BCUT2D eigenvalue weighted by Gasteiger charge is -2.16. The highest BCUT2D eigenvalue weighted by Crippen LogP contribution is 2.39. The summed E-state index contributed by atoms with van der Waals surface area (Å²) in [7, 11) is 0. The molecule has 0 aliphatic carbocycles. The Balaban J connectivity index is 3.68. The van der Waals surface area contributed by atoms with Crippen LogP contribution in [-0.4, -0.2) is 16.1 Å². The van der Waals surface area contributed by atoms with E-state index < -0.39 is 41.0 Å². The van der Waals surface area contributed by atoms with Crippen molar-refractivity contribution in [1.82, 2.24) is 4.98 Å². The molecule has 94 valence electrons. The molecule has 0 aliphatic heterocycles. The van der Waals surface area contributed by atoms with Gasteiger partial charge in [0.15, 0.2) is 5.69 Å². The summed E-state index contributed by atoms with van der Waals surface area (Å²) in [4.78, 5) is 13.6. The molecule has 0 aliphatic rings.